The molecule has 0 bridgehead atoms. The first kappa shape index (κ1) is 6.79. The largest absolute Gasteiger partial charge is 0.300 e. The second-order valence-electron chi connectivity index (χ2n) is 1.99. The number of hydrogen-bond acceptors (Lipinski definition) is 1. The summed E-state index contributed by atoms with van der Waals surface area (Å²) in [6.07, 6.45) is 9.08. The number of nitrogens with one attached hydrogen (secondary N) is 1. The van der Waals surface area contributed by atoms with Crippen molar-refractivity contribution in [3.63, 3.8) is 0 Å². The molecular weight excluding hydrogens is 122 g/mol. The van der Waals surface area contributed by atoms with E-state index in [-0.39, 0.29) is 0 Å². The molecule has 0 fully saturated rings. The molecule has 10 heavy (non-hydrogen) atoms. The maximum atomic E-state index is 7.44. The summed E-state index contributed by atoms with van der Waals surface area (Å²) in [5.74, 6) is 0. The zero-order valence-corrected chi connectivity index (χ0v) is 5.89. The average Bonchev–Trinajstić information content (AvgIpc) is 2.13. The second kappa shape index (κ2) is 3.00. The van der Waals surface area contributed by atoms with Crippen molar-refractivity contribution in [1.29, 1.82) is 5.41 Å². The maximum absolute atomic E-state index is 7.44. The lowest BCUT2D eigenvalue weighted by Gasteiger charge is -1.93. The Labute approximate surface area is 60.6 Å². The van der Waals surface area contributed by atoms with Gasteiger partial charge in [-0.15, -0.1) is 5.73 Å². The van der Waals surface area contributed by atoms with Crippen LogP contribution in [0.3, 0.4) is 0 Å². The van der Waals surface area contributed by atoms with Gasteiger partial charge >= 0.3 is 0 Å². The van der Waals surface area contributed by atoms with E-state index in [0.717, 1.165) is 5.57 Å². The molecule has 0 saturated heterocycles. The minimum Gasteiger partial charge on any atom is -0.300 e. The first-order valence-electron chi connectivity index (χ1n) is 3.19. The zero-order valence-electron chi connectivity index (χ0n) is 5.89. The molecule has 0 atom stereocenters. The molecule has 0 radical (unpaired) electrons. The summed E-state index contributed by atoms with van der Waals surface area (Å²) in [6, 6.07) is 0. The fourth-order valence-corrected chi connectivity index (χ4v) is 0.751. The summed E-state index contributed by atoms with van der Waals surface area (Å²) in [7, 11) is 0. The van der Waals surface area contributed by atoms with Crippen LogP contribution in [0.15, 0.2) is 41.7 Å². The fraction of sp³-hybridized carbons (Fsp3) is 0.111. The van der Waals surface area contributed by atoms with Crippen molar-refractivity contribution in [3.05, 3.63) is 41.7 Å². The van der Waals surface area contributed by atoms with E-state index in [4.69, 9.17) is 5.41 Å². The quantitative estimate of drug-likeness (QED) is 0.487. The van der Waals surface area contributed by atoms with Gasteiger partial charge in [0.2, 0.25) is 0 Å². The maximum Gasteiger partial charge on any atom is 0.0615 e. The molecule has 1 rings (SSSR count). The fourth-order valence-electron chi connectivity index (χ4n) is 0.751. The Hall–Kier alpha value is -1.33. The van der Waals surface area contributed by atoms with Gasteiger partial charge in [-0.05, 0) is 25.2 Å². The Morgan fingerprint density at radius 2 is 2.40 bits per heavy atom. The molecule has 0 aromatic carbocycles. The van der Waals surface area contributed by atoms with E-state index in [9.17, 15) is 0 Å². The van der Waals surface area contributed by atoms with Crippen LogP contribution in [0, 0.1) is 5.41 Å². The smallest absolute Gasteiger partial charge is 0.0615 e. The van der Waals surface area contributed by atoms with Gasteiger partial charge in [0.1, 0.15) is 0 Å². The van der Waals surface area contributed by atoms with E-state index in [1.165, 1.54) is 0 Å². The third-order valence-corrected chi connectivity index (χ3v) is 1.32. The van der Waals surface area contributed by atoms with E-state index in [2.05, 4.69) is 5.73 Å². The second-order valence-corrected chi connectivity index (χ2v) is 1.99. The van der Waals surface area contributed by atoms with Crippen LogP contribution in [0.5, 0.6) is 0 Å². The number of allylic oxidation sites excluding steroid dienone is 5. The van der Waals surface area contributed by atoms with Gasteiger partial charge in [-0.25, -0.2) is 0 Å². The molecule has 0 aliphatic heterocycles. The number of rotatable bonds is 0. The molecule has 1 heteroatoms. The summed E-state index contributed by atoms with van der Waals surface area (Å²) in [4.78, 5) is 0. The molecule has 0 saturated carbocycles. The van der Waals surface area contributed by atoms with Gasteiger partial charge < -0.3 is 5.41 Å². The van der Waals surface area contributed by atoms with Gasteiger partial charge in [-0.3, -0.25) is 0 Å². The standard InChI is InChI=1S/C9H9N/c1-2-8-6-4-3-5-7-9(8)10/h2-3,5-7,10H,1H3/b8-2-,10-9?. The van der Waals surface area contributed by atoms with E-state index >= 15 is 0 Å². The first-order valence-corrected chi connectivity index (χ1v) is 3.19. The van der Waals surface area contributed by atoms with Crippen LogP contribution in [0.2, 0.25) is 0 Å². The van der Waals surface area contributed by atoms with Crippen LogP contribution in [0.1, 0.15) is 6.92 Å². The van der Waals surface area contributed by atoms with Crippen molar-refractivity contribution < 1.29 is 0 Å². The highest BCUT2D eigenvalue weighted by molar-refractivity contribution is 6.08. The topological polar surface area (TPSA) is 23.9 Å². The molecule has 0 spiro atoms. The molecular formula is C9H9N. The Morgan fingerprint density at radius 3 is 3.10 bits per heavy atom. The van der Waals surface area contributed by atoms with Crippen molar-refractivity contribution in [2.24, 2.45) is 0 Å². The van der Waals surface area contributed by atoms with Gasteiger partial charge in [0.25, 0.3) is 0 Å². The number of hydrogen-bond donors (Lipinski definition) is 1. The van der Waals surface area contributed by atoms with Gasteiger partial charge in [0, 0.05) is 5.57 Å². The van der Waals surface area contributed by atoms with Crippen LogP contribution in [0.25, 0.3) is 0 Å². The monoisotopic (exact) mass is 131 g/mol. The molecule has 1 aliphatic carbocycles. The Balaban J connectivity index is 3.06. The predicted octanol–water partition coefficient (Wildman–Crippen LogP) is 2.23. The van der Waals surface area contributed by atoms with Crippen molar-refractivity contribution in [2.45, 2.75) is 6.92 Å². The van der Waals surface area contributed by atoms with E-state index in [1.54, 1.807) is 12.2 Å². The summed E-state index contributed by atoms with van der Waals surface area (Å²) < 4.78 is 0. The Kier molecular flexibility index (Phi) is 2.03. The molecule has 1 N–H and O–H groups in total. The van der Waals surface area contributed by atoms with Crippen molar-refractivity contribution >= 4 is 5.71 Å². The van der Waals surface area contributed by atoms with Crippen LogP contribution >= 0.6 is 0 Å². The lowest BCUT2D eigenvalue weighted by atomic mass is 10.1. The van der Waals surface area contributed by atoms with Crippen LogP contribution in [-0.2, 0) is 0 Å². The van der Waals surface area contributed by atoms with Gasteiger partial charge in [0.05, 0.1) is 5.71 Å². The SMILES string of the molecule is C/C=C1/C=C=CC=CC1=N. The summed E-state index contributed by atoms with van der Waals surface area (Å²) >= 11 is 0. The third kappa shape index (κ3) is 1.34. The molecule has 1 nitrogen and oxygen atoms in total. The minimum atomic E-state index is 0.545. The minimum absolute atomic E-state index is 0.545. The van der Waals surface area contributed by atoms with Crippen LogP contribution < -0.4 is 0 Å². The summed E-state index contributed by atoms with van der Waals surface area (Å²) in [6.45, 7) is 1.92. The molecule has 0 amide bonds. The lowest BCUT2D eigenvalue weighted by Crippen LogP contribution is -1.91. The molecule has 1 aliphatic rings. The average molecular weight is 131 g/mol. The van der Waals surface area contributed by atoms with Gasteiger partial charge in [-0.2, -0.15) is 0 Å². The van der Waals surface area contributed by atoms with E-state index in [1.807, 2.05) is 25.2 Å². The normalized spacial score (nSPS) is 20.1. The highest BCUT2D eigenvalue weighted by Gasteiger charge is 1.95. The molecule has 0 unspecified atom stereocenters. The van der Waals surface area contributed by atoms with Crippen molar-refractivity contribution in [3.8, 4) is 0 Å². The molecule has 50 valence electrons. The van der Waals surface area contributed by atoms with E-state index in [0.29, 0.717) is 5.71 Å². The Bertz CT molecular complexity index is 260. The summed E-state index contributed by atoms with van der Waals surface area (Å²) in [5.41, 5.74) is 4.40. The Morgan fingerprint density at radius 1 is 1.60 bits per heavy atom. The van der Waals surface area contributed by atoms with Crippen LogP contribution in [-0.4, -0.2) is 5.71 Å². The van der Waals surface area contributed by atoms with Crippen molar-refractivity contribution in [2.75, 3.05) is 0 Å². The van der Waals surface area contributed by atoms with Gasteiger partial charge in [-0.1, -0.05) is 12.2 Å². The zero-order chi connectivity index (χ0) is 7.40. The highest BCUT2D eigenvalue weighted by Crippen LogP contribution is 2.02. The molecule has 0 heterocycles. The van der Waals surface area contributed by atoms with Crippen molar-refractivity contribution in [1.82, 2.24) is 0 Å². The third-order valence-electron chi connectivity index (χ3n) is 1.32. The highest BCUT2D eigenvalue weighted by atomic mass is 14.4. The predicted molar refractivity (Wildman–Crippen MR) is 43.3 cm³/mol. The van der Waals surface area contributed by atoms with Gasteiger partial charge in [0.15, 0.2) is 0 Å². The lowest BCUT2D eigenvalue weighted by molar-refractivity contribution is 1.50. The van der Waals surface area contributed by atoms with Crippen LogP contribution in [0.4, 0.5) is 0 Å². The molecule has 0 aromatic heterocycles. The first-order chi connectivity index (χ1) is 4.84. The molecule has 0 aromatic rings. The summed E-state index contributed by atoms with van der Waals surface area (Å²) in [5, 5.41) is 7.44. The van der Waals surface area contributed by atoms with E-state index < -0.39 is 0 Å².